The number of carboxylic acids is 2. The van der Waals surface area contributed by atoms with E-state index in [0.29, 0.717) is 24.4 Å². The first-order chi connectivity index (χ1) is 16.5. The predicted octanol–water partition coefficient (Wildman–Crippen LogP) is 7.37. The Balaban J connectivity index is 1.57. The molecule has 2 rings (SSSR count). The Bertz CT molecular complexity index is 589. The largest absolute Gasteiger partial charge is 0.481 e. The van der Waals surface area contributed by atoms with E-state index >= 15 is 0 Å². The molecule has 0 radical (unpaired) electrons. The van der Waals surface area contributed by atoms with Crippen molar-refractivity contribution in [3.8, 4) is 0 Å². The monoisotopic (exact) mass is 496 g/mol. The van der Waals surface area contributed by atoms with Gasteiger partial charge in [0, 0.05) is 0 Å². The van der Waals surface area contributed by atoms with Gasteiger partial charge in [-0.15, -0.1) is 0 Å². The van der Waals surface area contributed by atoms with E-state index in [9.17, 15) is 19.8 Å². The molecule has 2 aliphatic rings. The summed E-state index contributed by atoms with van der Waals surface area (Å²) in [6.07, 6.45) is 19.3. The minimum absolute atomic E-state index is 0.336. The SMILES string of the molecule is CC(C)(CCCCC1CCCC(CCCC2CCCC(CCCCC(C)(C)C(=O)O)O2)O1)C(=O)O. The summed E-state index contributed by atoms with van der Waals surface area (Å²) in [7, 11) is 0. The third-order valence-corrected chi connectivity index (χ3v) is 8.24. The average molecular weight is 497 g/mol. The van der Waals surface area contributed by atoms with Crippen LogP contribution in [0.1, 0.15) is 137 Å². The van der Waals surface area contributed by atoms with E-state index < -0.39 is 22.8 Å². The summed E-state index contributed by atoms with van der Waals surface area (Å²) >= 11 is 0. The molecule has 0 aromatic rings. The molecule has 0 aromatic carbocycles. The Morgan fingerprint density at radius 3 is 1.23 bits per heavy atom. The molecule has 0 bridgehead atoms. The molecule has 0 aliphatic carbocycles. The van der Waals surface area contributed by atoms with Crippen LogP contribution in [0, 0.1) is 10.8 Å². The first-order valence-corrected chi connectivity index (χ1v) is 14.3. The Morgan fingerprint density at radius 1 is 0.600 bits per heavy atom. The normalized spacial score (nSPS) is 25.9. The van der Waals surface area contributed by atoms with E-state index in [2.05, 4.69) is 0 Å². The van der Waals surface area contributed by atoms with Crippen LogP contribution < -0.4 is 0 Å². The molecule has 2 fully saturated rings. The number of ether oxygens (including phenoxy) is 2. The third kappa shape index (κ3) is 11.2. The van der Waals surface area contributed by atoms with Crippen molar-refractivity contribution in [1.82, 2.24) is 0 Å². The summed E-state index contributed by atoms with van der Waals surface area (Å²) in [6.45, 7) is 7.24. The molecule has 2 saturated heterocycles. The fourth-order valence-electron chi connectivity index (χ4n) is 5.48. The Morgan fingerprint density at radius 2 is 0.914 bits per heavy atom. The number of carboxylic acid groups (broad SMARTS) is 2. The quantitative estimate of drug-likeness (QED) is 0.217. The maximum absolute atomic E-state index is 11.3. The Hall–Kier alpha value is -1.14. The average Bonchev–Trinajstić information content (AvgIpc) is 2.80. The van der Waals surface area contributed by atoms with Crippen LogP contribution >= 0.6 is 0 Å². The van der Waals surface area contributed by atoms with Gasteiger partial charge in [-0.05, 0) is 111 Å². The van der Waals surface area contributed by atoms with Crippen molar-refractivity contribution >= 4 is 11.9 Å². The first-order valence-electron chi connectivity index (χ1n) is 14.3. The standard InChI is InChI=1S/C29H52O6/c1-28(2,26(30)31)20-7-5-12-22-14-9-16-24(34-22)18-11-19-25-17-10-15-23(35-25)13-6-8-21-29(3,4)27(32)33/h22-25H,5-21H2,1-4H3,(H,30,31)(H,32,33). The van der Waals surface area contributed by atoms with E-state index in [0.717, 1.165) is 96.3 Å². The summed E-state index contributed by atoms with van der Waals surface area (Å²) in [5.41, 5.74) is -1.26. The van der Waals surface area contributed by atoms with Crippen LogP contribution in [0.25, 0.3) is 0 Å². The van der Waals surface area contributed by atoms with Crippen molar-refractivity contribution in [3.63, 3.8) is 0 Å². The van der Waals surface area contributed by atoms with Gasteiger partial charge in [-0.2, -0.15) is 0 Å². The molecule has 0 saturated carbocycles. The first kappa shape index (κ1) is 30.1. The number of carbonyl (C=O) groups is 2. The second kappa shape index (κ2) is 14.6. The van der Waals surface area contributed by atoms with Gasteiger partial charge >= 0.3 is 11.9 Å². The highest BCUT2D eigenvalue weighted by atomic mass is 16.5. The molecule has 0 spiro atoms. The summed E-state index contributed by atoms with van der Waals surface area (Å²) in [5.74, 6) is -1.42. The summed E-state index contributed by atoms with van der Waals surface area (Å²) in [5, 5.41) is 18.5. The van der Waals surface area contributed by atoms with Gasteiger partial charge in [0.05, 0.1) is 35.2 Å². The smallest absolute Gasteiger partial charge is 0.309 e. The van der Waals surface area contributed by atoms with Crippen LogP contribution in [0.5, 0.6) is 0 Å². The van der Waals surface area contributed by atoms with Crippen molar-refractivity contribution in [2.24, 2.45) is 10.8 Å². The van der Waals surface area contributed by atoms with E-state index in [1.54, 1.807) is 0 Å². The lowest BCUT2D eigenvalue weighted by Crippen LogP contribution is -2.30. The second-order valence-electron chi connectivity index (χ2n) is 12.4. The Labute approximate surface area is 213 Å². The molecular weight excluding hydrogens is 444 g/mol. The highest BCUT2D eigenvalue weighted by Crippen LogP contribution is 2.31. The topological polar surface area (TPSA) is 93.1 Å². The Kier molecular flexibility index (Phi) is 12.5. The molecule has 6 nitrogen and oxygen atoms in total. The molecule has 4 unspecified atom stereocenters. The summed E-state index contributed by atoms with van der Waals surface area (Å²) < 4.78 is 12.8. The van der Waals surface area contributed by atoms with Gasteiger partial charge in [-0.3, -0.25) is 9.59 Å². The van der Waals surface area contributed by atoms with E-state index in [1.165, 1.54) is 12.8 Å². The number of hydrogen-bond donors (Lipinski definition) is 2. The fraction of sp³-hybridized carbons (Fsp3) is 0.931. The lowest BCUT2D eigenvalue weighted by atomic mass is 9.86. The molecule has 2 N–H and O–H groups in total. The van der Waals surface area contributed by atoms with Gasteiger partial charge in [0.1, 0.15) is 0 Å². The minimum atomic E-state index is -0.709. The fourth-order valence-corrected chi connectivity index (χ4v) is 5.48. The molecule has 204 valence electrons. The van der Waals surface area contributed by atoms with Crippen molar-refractivity contribution in [2.75, 3.05) is 0 Å². The molecule has 2 aliphatic heterocycles. The van der Waals surface area contributed by atoms with E-state index in [1.807, 2.05) is 27.7 Å². The maximum Gasteiger partial charge on any atom is 0.309 e. The molecule has 2 heterocycles. The van der Waals surface area contributed by atoms with Gasteiger partial charge in [0.2, 0.25) is 0 Å². The van der Waals surface area contributed by atoms with Gasteiger partial charge in [-0.1, -0.05) is 25.7 Å². The van der Waals surface area contributed by atoms with Crippen molar-refractivity contribution in [2.45, 2.75) is 161 Å². The third-order valence-electron chi connectivity index (χ3n) is 8.24. The number of unbranched alkanes of at least 4 members (excludes halogenated alkanes) is 2. The van der Waals surface area contributed by atoms with Gasteiger partial charge < -0.3 is 19.7 Å². The van der Waals surface area contributed by atoms with Gasteiger partial charge in [0.15, 0.2) is 0 Å². The van der Waals surface area contributed by atoms with Gasteiger partial charge in [-0.25, -0.2) is 0 Å². The predicted molar refractivity (Wildman–Crippen MR) is 139 cm³/mol. The van der Waals surface area contributed by atoms with E-state index in [4.69, 9.17) is 9.47 Å². The van der Waals surface area contributed by atoms with Crippen molar-refractivity contribution in [1.29, 1.82) is 0 Å². The second-order valence-corrected chi connectivity index (χ2v) is 12.4. The molecule has 0 aromatic heterocycles. The van der Waals surface area contributed by atoms with Crippen molar-refractivity contribution in [3.05, 3.63) is 0 Å². The van der Waals surface area contributed by atoms with Crippen LogP contribution in [0.2, 0.25) is 0 Å². The highest BCUT2D eigenvalue weighted by Gasteiger charge is 2.28. The molecule has 6 heteroatoms. The van der Waals surface area contributed by atoms with Crippen LogP contribution in [-0.4, -0.2) is 46.6 Å². The van der Waals surface area contributed by atoms with Crippen LogP contribution in [-0.2, 0) is 19.1 Å². The molecular formula is C29H52O6. The molecule has 35 heavy (non-hydrogen) atoms. The lowest BCUT2D eigenvalue weighted by Gasteiger charge is -2.32. The summed E-state index contributed by atoms with van der Waals surface area (Å²) in [6, 6.07) is 0. The van der Waals surface area contributed by atoms with Gasteiger partial charge in [0.25, 0.3) is 0 Å². The maximum atomic E-state index is 11.3. The number of hydrogen-bond acceptors (Lipinski definition) is 4. The zero-order valence-corrected chi connectivity index (χ0v) is 22.9. The van der Waals surface area contributed by atoms with E-state index in [-0.39, 0.29) is 0 Å². The molecule has 0 amide bonds. The van der Waals surface area contributed by atoms with Crippen LogP contribution in [0.3, 0.4) is 0 Å². The minimum Gasteiger partial charge on any atom is -0.481 e. The zero-order chi connectivity index (χ0) is 25.9. The summed E-state index contributed by atoms with van der Waals surface area (Å²) in [4.78, 5) is 22.5. The van der Waals surface area contributed by atoms with Crippen molar-refractivity contribution < 1.29 is 29.3 Å². The molecule has 4 atom stereocenters. The van der Waals surface area contributed by atoms with Crippen LogP contribution in [0.4, 0.5) is 0 Å². The lowest BCUT2D eigenvalue weighted by molar-refractivity contribution is -0.148. The van der Waals surface area contributed by atoms with Crippen LogP contribution in [0.15, 0.2) is 0 Å². The number of aliphatic carboxylic acids is 2. The highest BCUT2D eigenvalue weighted by molar-refractivity contribution is 5.73. The zero-order valence-electron chi connectivity index (χ0n) is 22.9. The number of rotatable bonds is 16.